The molecule has 0 unspecified atom stereocenters. The molecule has 2 aromatic carbocycles. The van der Waals surface area contributed by atoms with Gasteiger partial charge in [-0.2, -0.15) is 0 Å². The van der Waals surface area contributed by atoms with E-state index in [1.165, 1.54) is 62.5 Å². The molecule has 32 heavy (non-hydrogen) atoms. The molecular weight excluding hydrogens is 415 g/mol. The maximum atomic E-state index is 10.3. The Labute approximate surface area is 197 Å². The summed E-state index contributed by atoms with van der Waals surface area (Å²) in [5.41, 5.74) is 2.86. The Morgan fingerprint density at radius 3 is 1.28 bits per heavy atom. The summed E-state index contributed by atoms with van der Waals surface area (Å²) in [6, 6.07) is 16.1. The topological polar surface area (TPSA) is 38.7 Å². The van der Waals surface area contributed by atoms with Gasteiger partial charge in [0.25, 0.3) is 0 Å². The van der Waals surface area contributed by atoms with Gasteiger partial charge in [0.15, 0.2) is 0 Å². The highest BCUT2D eigenvalue weighted by Gasteiger charge is 2.22. The second-order valence-corrected chi connectivity index (χ2v) is 11.0. The summed E-state index contributed by atoms with van der Waals surface area (Å²) in [7, 11) is -2.03. The van der Waals surface area contributed by atoms with Crippen LogP contribution in [0.4, 0.5) is 0 Å². The van der Waals surface area contributed by atoms with E-state index in [1.54, 1.807) is 0 Å². The van der Waals surface area contributed by atoms with E-state index in [-0.39, 0.29) is 10.8 Å². The fourth-order valence-corrected chi connectivity index (χ4v) is 4.70. The van der Waals surface area contributed by atoms with Gasteiger partial charge in [-0.05, 0) is 59.1 Å². The summed E-state index contributed by atoms with van der Waals surface area (Å²) in [4.78, 5) is 10.3. The van der Waals surface area contributed by atoms with Gasteiger partial charge in [0.05, 0.1) is 0 Å². The van der Waals surface area contributed by atoms with E-state index in [9.17, 15) is 4.89 Å². The van der Waals surface area contributed by atoms with Crippen molar-refractivity contribution in [2.45, 2.75) is 104 Å². The van der Waals surface area contributed by atoms with Gasteiger partial charge in [-0.3, -0.25) is 0 Å². The normalized spacial score (nSPS) is 12.2. The Balaban J connectivity index is 1.90. The number of hydrogen-bond acceptors (Lipinski definition) is 3. The molecule has 3 nitrogen and oxygen atoms in total. The lowest BCUT2D eigenvalue weighted by Crippen LogP contribution is -2.16. The first-order valence-corrected chi connectivity index (χ1v) is 13.4. The van der Waals surface area contributed by atoms with E-state index in [4.69, 9.17) is 9.05 Å². The van der Waals surface area contributed by atoms with Crippen molar-refractivity contribution in [1.82, 2.24) is 0 Å². The van der Waals surface area contributed by atoms with Crippen molar-refractivity contribution in [3.63, 3.8) is 0 Å². The van der Waals surface area contributed by atoms with E-state index in [0.717, 1.165) is 0 Å². The Morgan fingerprint density at radius 2 is 0.969 bits per heavy atom. The molecule has 0 saturated heterocycles. The standard InChI is InChI=1S/C28H43O3P/c1-7-9-11-21-27(3,4)23-13-17-25(18-14-23)30-32(29)31-26-19-15-24(16-20-26)28(5,6)22-12-10-8-2/h13-20,29H,7-12,21-22H2,1-6H3. The molecule has 0 aromatic heterocycles. The average molecular weight is 459 g/mol. The second kappa shape index (κ2) is 12.6. The van der Waals surface area contributed by atoms with E-state index in [2.05, 4.69) is 65.8 Å². The molecule has 2 rings (SSSR count). The van der Waals surface area contributed by atoms with Crippen molar-refractivity contribution in [1.29, 1.82) is 0 Å². The third-order valence-corrected chi connectivity index (χ3v) is 7.18. The Bertz CT molecular complexity index is 714. The molecule has 1 N–H and O–H groups in total. The first-order chi connectivity index (χ1) is 15.2. The highest BCUT2D eigenvalue weighted by atomic mass is 31.2. The summed E-state index contributed by atoms with van der Waals surface area (Å²) < 4.78 is 11.3. The van der Waals surface area contributed by atoms with Gasteiger partial charge in [-0.15, -0.1) is 0 Å². The zero-order valence-electron chi connectivity index (χ0n) is 21.0. The molecule has 0 spiro atoms. The lowest BCUT2D eigenvalue weighted by Gasteiger charge is -2.26. The predicted molar refractivity (Wildman–Crippen MR) is 138 cm³/mol. The van der Waals surface area contributed by atoms with Crippen molar-refractivity contribution < 1.29 is 13.9 Å². The third kappa shape index (κ3) is 8.41. The molecule has 4 heteroatoms. The second-order valence-electron chi connectivity index (χ2n) is 10.2. The average Bonchev–Trinajstić information content (AvgIpc) is 2.74. The zero-order chi connectivity index (χ0) is 23.6. The summed E-state index contributed by atoms with van der Waals surface area (Å²) in [5.74, 6) is 1.25. The fraction of sp³-hybridized carbons (Fsp3) is 0.571. The van der Waals surface area contributed by atoms with Crippen LogP contribution in [-0.2, 0) is 10.8 Å². The van der Waals surface area contributed by atoms with Crippen molar-refractivity contribution in [3.8, 4) is 11.5 Å². The lowest BCUT2D eigenvalue weighted by atomic mass is 9.80. The fourth-order valence-electron chi connectivity index (χ4n) is 4.06. The van der Waals surface area contributed by atoms with Crippen LogP contribution in [0.2, 0.25) is 0 Å². The van der Waals surface area contributed by atoms with E-state index < -0.39 is 8.60 Å². The molecule has 0 radical (unpaired) electrons. The molecule has 0 bridgehead atoms. The van der Waals surface area contributed by atoms with E-state index >= 15 is 0 Å². The maximum Gasteiger partial charge on any atom is 0.460 e. The van der Waals surface area contributed by atoms with Gasteiger partial charge >= 0.3 is 8.60 Å². The minimum absolute atomic E-state index is 0.139. The summed E-state index contributed by atoms with van der Waals surface area (Å²) >= 11 is 0. The van der Waals surface area contributed by atoms with Crippen molar-refractivity contribution in [2.75, 3.05) is 0 Å². The van der Waals surface area contributed by atoms with Crippen LogP contribution in [0.15, 0.2) is 48.5 Å². The van der Waals surface area contributed by atoms with Gasteiger partial charge in [-0.25, -0.2) is 0 Å². The highest BCUT2D eigenvalue weighted by Crippen LogP contribution is 2.39. The number of benzene rings is 2. The van der Waals surface area contributed by atoms with Crippen molar-refractivity contribution in [3.05, 3.63) is 59.7 Å². The van der Waals surface area contributed by atoms with Gasteiger partial charge in [0.2, 0.25) is 0 Å². The SMILES string of the molecule is CCCCCC(C)(C)c1ccc(OP(O)Oc2ccc(C(C)(C)CCCCC)cc2)cc1. The Kier molecular flexibility index (Phi) is 10.5. The van der Waals surface area contributed by atoms with Crippen molar-refractivity contribution >= 4 is 8.60 Å². The Morgan fingerprint density at radius 1 is 0.625 bits per heavy atom. The van der Waals surface area contributed by atoms with Crippen LogP contribution in [-0.4, -0.2) is 4.89 Å². The predicted octanol–water partition coefficient (Wildman–Crippen LogP) is 9.08. The molecule has 0 amide bonds. The van der Waals surface area contributed by atoms with Gasteiger partial charge in [0.1, 0.15) is 11.5 Å². The van der Waals surface area contributed by atoms with Crippen LogP contribution < -0.4 is 9.05 Å². The summed E-state index contributed by atoms with van der Waals surface area (Å²) in [5, 5.41) is 0. The van der Waals surface area contributed by atoms with Crippen LogP contribution in [0, 0.1) is 0 Å². The van der Waals surface area contributed by atoms with E-state index in [0.29, 0.717) is 11.5 Å². The summed E-state index contributed by atoms with van der Waals surface area (Å²) in [6.07, 6.45) is 9.84. The molecular formula is C28H43O3P. The van der Waals surface area contributed by atoms with Crippen LogP contribution in [0.5, 0.6) is 11.5 Å². The monoisotopic (exact) mass is 458 g/mol. The first-order valence-electron chi connectivity index (χ1n) is 12.2. The smallest absolute Gasteiger partial charge is 0.418 e. The third-order valence-electron chi connectivity index (χ3n) is 6.45. The van der Waals surface area contributed by atoms with Crippen molar-refractivity contribution in [2.24, 2.45) is 0 Å². The van der Waals surface area contributed by atoms with Gasteiger partial charge in [0, 0.05) is 0 Å². The molecule has 178 valence electrons. The Hall–Kier alpha value is -1.57. The minimum Gasteiger partial charge on any atom is -0.418 e. The van der Waals surface area contributed by atoms with Gasteiger partial charge in [-0.1, -0.05) is 104 Å². The summed E-state index contributed by atoms with van der Waals surface area (Å²) in [6.45, 7) is 13.6. The zero-order valence-corrected chi connectivity index (χ0v) is 21.9. The molecule has 0 fully saturated rings. The molecule has 0 aliphatic heterocycles. The molecule has 0 heterocycles. The number of hydrogen-bond donors (Lipinski definition) is 1. The quantitative estimate of drug-likeness (QED) is 0.227. The molecule has 2 aromatic rings. The first kappa shape index (κ1) is 26.7. The van der Waals surface area contributed by atoms with Gasteiger partial charge < -0.3 is 13.9 Å². The van der Waals surface area contributed by atoms with Crippen LogP contribution >= 0.6 is 8.60 Å². The molecule has 0 saturated carbocycles. The molecule has 0 atom stereocenters. The minimum atomic E-state index is -2.03. The number of unbranched alkanes of at least 4 members (excludes halogenated alkanes) is 4. The number of rotatable bonds is 14. The maximum absolute atomic E-state index is 10.3. The van der Waals surface area contributed by atoms with Crippen LogP contribution in [0.3, 0.4) is 0 Å². The molecule has 0 aliphatic carbocycles. The largest absolute Gasteiger partial charge is 0.460 e. The van der Waals surface area contributed by atoms with Crippen LogP contribution in [0.1, 0.15) is 104 Å². The highest BCUT2D eigenvalue weighted by molar-refractivity contribution is 7.41. The molecule has 0 aliphatic rings. The lowest BCUT2D eigenvalue weighted by molar-refractivity contribution is 0.381. The van der Waals surface area contributed by atoms with E-state index in [1.807, 2.05) is 24.3 Å². The van der Waals surface area contributed by atoms with Crippen LogP contribution in [0.25, 0.3) is 0 Å².